The average Bonchev–Trinajstić information content (AvgIpc) is 2.56. The number of carbonyl (C=O) groups excluding carboxylic acids is 2. The standard InChI is InChI=1S/C18H32O6/c1-2-3-4-5-6-7-8-9-10-11-12-13-14-15-16(19)23-24-18(22)17(20)21/h2-15H2,1H3,(H,20,21). The molecule has 0 atom stereocenters. The van der Waals surface area contributed by atoms with Gasteiger partial charge in [0.2, 0.25) is 0 Å². The number of carbonyl (C=O) groups is 3. The van der Waals surface area contributed by atoms with Crippen molar-refractivity contribution in [1.82, 2.24) is 0 Å². The predicted octanol–water partition coefficient (Wildman–Crippen LogP) is 4.55. The zero-order chi connectivity index (χ0) is 18.0. The summed E-state index contributed by atoms with van der Waals surface area (Å²) in [5, 5.41) is 8.23. The molecule has 0 radical (unpaired) electrons. The van der Waals surface area contributed by atoms with Gasteiger partial charge in [-0.2, -0.15) is 0 Å². The Morgan fingerprint density at radius 2 is 1.08 bits per heavy atom. The second-order valence-corrected chi connectivity index (χ2v) is 6.12. The van der Waals surface area contributed by atoms with E-state index in [4.69, 9.17) is 5.11 Å². The summed E-state index contributed by atoms with van der Waals surface area (Å²) in [6.07, 6.45) is 15.8. The summed E-state index contributed by atoms with van der Waals surface area (Å²) in [6, 6.07) is 0. The maximum Gasteiger partial charge on any atom is 0.462 e. The lowest BCUT2D eigenvalue weighted by Crippen LogP contribution is -2.18. The molecule has 0 aromatic heterocycles. The van der Waals surface area contributed by atoms with Crippen LogP contribution in [0.1, 0.15) is 96.8 Å². The molecule has 0 aliphatic carbocycles. The Balaban J connectivity index is 3.23. The summed E-state index contributed by atoms with van der Waals surface area (Å²) in [6.45, 7) is 2.23. The Morgan fingerprint density at radius 1 is 0.667 bits per heavy atom. The van der Waals surface area contributed by atoms with Gasteiger partial charge in [0.05, 0.1) is 6.42 Å². The second kappa shape index (κ2) is 16.3. The quantitative estimate of drug-likeness (QED) is 0.215. The maximum atomic E-state index is 11.2. The molecule has 0 saturated heterocycles. The third-order valence-electron chi connectivity index (χ3n) is 3.87. The van der Waals surface area contributed by atoms with Crippen LogP contribution in [0.25, 0.3) is 0 Å². The first-order chi connectivity index (χ1) is 11.6. The maximum absolute atomic E-state index is 11.2. The molecule has 0 unspecified atom stereocenters. The Labute approximate surface area is 144 Å². The fourth-order valence-corrected chi connectivity index (χ4v) is 2.45. The van der Waals surface area contributed by atoms with Gasteiger partial charge in [0.15, 0.2) is 0 Å². The molecule has 0 aromatic carbocycles. The minimum absolute atomic E-state index is 0.130. The van der Waals surface area contributed by atoms with Crippen molar-refractivity contribution < 1.29 is 29.3 Å². The molecule has 1 N–H and O–H groups in total. The van der Waals surface area contributed by atoms with Crippen molar-refractivity contribution in [3.63, 3.8) is 0 Å². The summed E-state index contributed by atoms with van der Waals surface area (Å²) >= 11 is 0. The highest BCUT2D eigenvalue weighted by Crippen LogP contribution is 2.13. The summed E-state index contributed by atoms with van der Waals surface area (Å²) < 4.78 is 0. The molecule has 140 valence electrons. The highest BCUT2D eigenvalue weighted by molar-refractivity contribution is 6.28. The normalized spacial score (nSPS) is 10.4. The lowest BCUT2D eigenvalue weighted by atomic mass is 10.0. The molecule has 0 bridgehead atoms. The Kier molecular flexibility index (Phi) is 15.2. The minimum Gasteiger partial charge on any atom is -0.473 e. The number of unbranched alkanes of at least 4 members (excludes halogenated alkanes) is 12. The van der Waals surface area contributed by atoms with Gasteiger partial charge in [-0.3, -0.25) is 0 Å². The first kappa shape index (κ1) is 22.4. The first-order valence-corrected chi connectivity index (χ1v) is 9.22. The van der Waals surface area contributed by atoms with Crippen molar-refractivity contribution in [2.24, 2.45) is 0 Å². The fourth-order valence-electron chi connectivity index (χ4n) is 2.45. The molecule has 0 amide bonds. The van der Waals surface area contributed by atoms with Crippen LogP contribution in [-0.2, 0) is 24.2 Å². The molecule has 0 aliphatic heterocycles. The zero-order valence-corrected chi connectivity index (χ0v) is 14.9. The summed E-state index contributed by atoms with van der Waals surface area (Å²) in [5.74, 6) is -4.09. The van der Waals surface area contributed by atoms with E-state index in [0.717, 1.165) is 12.8 Å². The molecule has 0 spiro atoms. The van der Waals surface area contributed by atoms with Crippen LogP contribution in [0.15, 0.2) is 0 Å². The number of carboxylic acid groups (broad SMARTS) is 1. The van der Waals surface area contributed by atoms with E-state index in [1.807, 2.05) is 0 Å². The number of aliphatic carboxylic acids is 1. The molecular formula is C18H32O6. The number of hydrogen-bond acceptors (Lipinski definition) is 5. The third kappa shape index (κ3) is 15.3. The lowest BCUT2D eigenvalue weighted by Gasteiger charge is -2.03. The first-order valence-electron chi connectivity index (χ1n) is 9.22. The van der Waals surface area contributed by atoms with E-state index in [0.29, 0.717) is 6.42 Å². The summed E-state index contributed by atoms with van der Waals surface area (Å²) in [5.41, 5.74) is 0. The van der Waals surface area contributed by atoms with E-state index < -0.39 is 17.9 Å². The van der Waals surface area contributed by atoms with Crippen molar-refractivity contribution >= 4 is 17.9 Å². The lowest BCUT2D eigenvalue weighted by molar-refractivity contribution is -0.258. The topological polar surface area (TPSA) is 89.9 Å². The SMILES string of the molecule is CCCCCCCCCCCCCCCC(=O)OOC(=O)C(=O)O. The molecular weight excluding hydrogens is 312 g/mol. The van der Waals surface area contributed by atoms with Crippen LogP contribution in [0, 0.1) is 0 Å². The van der Waals surface area contributed by atoms with E-state index in [-0.39, 0.29) is 6.42 Å². The molecule has 0 aromatic rings. The van der Waals surface area contributed by atoms with Gasteiger partial charge in [-0.25, -0.2) is 24.2 Å². The van der Waals surface area contributed by atoms with Gasteiger partial charge in [0.1, 0.15) is 0 Å². The fraction of sp³-hybridized carbons (Fsp3) is 0.833. The molecule has 0 fully saturated rings. The average molecular weight is 344 g/mol. The second-order valence-electron chi connectivity index (χ2n) is 6.12. The largest absolute Gasteiger partial charge is 0.473 e. The third-order valence-corrected chi connectivity index (χ3v) is 3.87. The van der Waals surface area contributed by atoms with Crippen molar-refractivity contribution in [1.29, 1.82) is 0 Å². The van der Waals surface area contributed by atoms with Gasteiger partial charge in [-0.15, -0.1) is 0 Å². The number of hydrogen-bond donors (Lipinski definition) is 1. The van der Waals surface area contributed by atoms with E-state index in [1.165, 1.54) is 64.2 Å². The Hall–Kier alpha value is -1.59. The van der Waals surface area contributed by atoms with Crippen molar-refractivity contribution in [3.05, 3.63) is 0 Å². The predicted molar refractivity (Wildman–Crippen MR) is 90.1 cm³/mol. The van der Waals surface area contributed by atoms with Crippen molar-refractivity contribution in [2.45, 2.75) is 96.8 Å². The van der Waals surface area contributed by atoms with Gasteiger partial charge in [0, 0.05) is 0 Å². The molecule has 0 heterocycles. The molecule has 6 nitrogen and oxygen atoms in total. The van der Waals surface area contributed by atoms with Crippen LogP contribution in [0.2, 0.25) is 0 Å². The number of rotatable bonds is 14. The van der Waals surface area contributed by atoms with Crippen LogP contribution < -0.4 is 0 Å². The summed E-state index contributed by atoms with van der Waals surface area (Å²) in [4.78, 5) is 39.8. The summed E-state index contributed by atoms with van der Waals surface area (Å²) in [7, 11) is 0. The molecule has 0 rings (SSSR count). The monoisotopic (exact) mass is 344 g/mol. The van der Waals surface area contributed by atoms with E-state index >= 15 is 0 Å². The molecule has 0 aliphatic rings. The van der Waals surface area contributed by atoms with Crippen molar-refractivity contribution in [3.8, 4) is 0 Å². The highest BCUT2D eigenvalue weighted by atomic mass is 17.2. The molecule has 24 heavy (non-hydrogen) atoms. The van der Waals surface area contributed by atoms with Crippen molar-refractivity contribution in [2.75, 3.05) is 0 Å². The van der Waals surface area contributed by atoms with Crippen LogP contribution in [0.4, 0.5) is 0 Å². The Bertz CT molecular complexity index is 353. The smallest absolute Gasteiger partial charge is 0.462 e. The number of carboxylic acids is 1. The van der Waals surface area contributed by atoms with Gasteiger partial charge in [0.25, 0.3) is 0 Å². The van der Waals surface area contributed by atoms with Crippen LogP contribution in [0.3, 0.4) is 0 Å². The van der Waals surface area contributed by atoms with Crippen LogP contribution >= 0.6 is 0 Å². The Morgan fingerprint density at radius 3 is 1.50 bits per heavy atom. The highest BCUT2D eigenvalue weighted by Gasteiger charge is 2.16. The molecule has 0 saturated carbocycles. The van der Waals surface area contributed by atoms with Crippen LogP contribution in [-0.4, -0.2) is 23.0 Å². The van der Waals surface area contributed by atoms with Gasteiger partial charge >= 0.3 is 17.9 Å². The van der Waals surface area contributed by atoms with Gasteiger partial charge in [-0.1, -0.05) is 84.0 Å². The van der Waals surface area contributed by atoms with Gasteiger partial charge in [-0.05, 0) is 6.42 Å². The van der Waals surface area contributed by atoms with Gasteiger partial charge < -0.3 is 5.11 Å². The molecule has 6 heteroatoms. The van der Waals surface area contributed by atoms with Crippen LogP contribution in [0.5, 0.6) is 0 Å². The van der Waals surface area contributed by atoms with E-state index in [1.54, 1.807) is 0 Å². The zero-order valence-electron chi connectivity index (χ0n) is 14.9. The minimum atomic E-state index is -1.79. The van der Waals surface area contributed by atoms with E-state index in [2.05, 4.69) is 16.7 Å². The van der Waals surface area contributed by atoms with E-state index in [9.17, 15) is 14.4 Å².